The van der Waals surface area contributed by atoms with Crippen molar-refractivity contribution in [2.24, 2.45) is 11.8 Å². The third kappa shape index (κ3) is 3.78. The number of rotatable bonds is 5. The Morgan fingerprint density at radius 3 is 2.73 bits per heavy atom. The lowest BCUT2D eigenvalue weighted by molar-refractivity contribution is -0.117. The van der Waals surface area contributed by atoms with E-state index in [2.05, 4.69) is 18.7 Å². The minimum Gasteiger partial charge on any atom is -0.506 e. The minimum atomic E-state index is -4.18. The molecule has 1 amide bonds. The molecule has 26 heavy (non-hydrogen) atoms. The van der Waals surface area contributed by atoms with Crippen molar-refractivity contribution < 1.29 is 22.7 Å². The van der Waals surface area contributed by atoms with Crippen molar-refractivity contribution in [3.05, 3.63) is 23.5 Å². The van der Waals surface area contributed by atoms with Gasteiger partial charge in [0.15, 0.2) is 5.82 Å². The van der Waals surface area contributed by atoms with Gasteiger partial charge in [-0.25, -0.2) is 13.4 Å². The molecule has 1 unspecified atom stereocenters. The summed E-state index contributed by atoms with van der Waals surface area (Å²) in [5.74, 6) is -0.883. The van der Waals surface area contributed by atoms with Crippen molar-refractivity contribution in [1.82, 2.24) is 9.62 Å². The predicted molar refractivity (Wildman–Crippen MR) is 95.3 cm³/mol. The molecular formula is C17H24FN3O4S. The summed E-state index contributed by atoms with van der Waals surface area (Å²) in [6.07, 6.45) is 2.18. The molecule has 1 aromatic carbocycles. The Morgan fingerprint density at radius 2 is 2.12 bits per heavy atom. The second-order valence-corrected chi connectivity index (χ2v) is 9.06. The number of nitrogens with one attached hydrogen (secondary N) is 1. The summed E-state index contributed by atoms with van der Waals surface area (Å²) in [6, 6.07) is 2.73. The molecule has 0 aromatic heterocycles. The van der Waals surface area contributed by atoms with E-state index in [-0.39, 0.29) is 0 Å². The number of carbonyl (C=O) groups excluding carboxylic acids is 1. The van der Waals surface area contributed by atoms with Crippen LogP contribution in [0.15, 0.2) is 12.1 Å². The Hall–Kier alpha value is -1.87. The van der Waals surface area contributed by atoms with Crippen LogP contribution in [0.2, 0.25) is 0 Å². The van der Waals surface area contributed by atoms with E-state index >= 15 is 0 Å². The Bertz CT molecular complexity index is 812. The first-order chi connectivity index (χ1) is 12.2. The molecule has 0 radical (unpaired) electrons. The first kappa shape index (κ1) is 18.9. The Morgan fingerprint density at radius 1 is 1.38 bits per heavy atom. The number of carbonyl (C=O) groups is 1. The summed E-state index contributed by atoms with van der Waals surface area (Å²) in [4.78, 5) is 13.5. The number of aromatic hydroxyl groups is 1. The van der Waals surface area contributed by atoms with E-state index in [4.69, 9.17) is 0 Å². The second kappa shape index (κ2) is 7.03. The highest BCUT2D eigenvalue weighted by Gasteiger charge is 2.38. The summed E-state index contributed by atoms with van der Waals surface area (Å²) in [7, 11) is -4.18. The van der Waals surface area contributed by atoms with Crippen LogP contribution in [0, 0.1) is 17.7 Å². The summed E-state index contributed by atoms with van der Waals surface area (Å²) in [5.41, 5.74) is -0.170. The topological polar surface area (TPSA) is 89.9 Å². The molecule has 1 atom stereocenters. The first-order valence-corrected chi connectivity index (χ1v) is 10.2. The van der Waals surface area contributed by atoms with E-state index in [9.17, 15) is 22.7 Å². The molecule has 1 aromatic rings. The largest absolute Gasteiger partial charge is 0.506 e. The third-order valence-electron chi connectivity index (χ3n) is 4.81. The van der Waals surface area contributed by atoms with Gasteiger partial charge in [-0.15, -0.1) is 0 Å². The molecule has 2 aliphatic heterocycles. The maximum atomic E-state index is 15.0. The van der Waals surface area contributed by atoms with Gasteiger partial charge in [0.1, 0.15) is 18.0 Å². The van der Waals surface area contributed by atoms with Gasteiger partial charge in [0.05, 0.1) is 0 Å². The molecule has 2 aliphatic rings. The number of hydrogen-bond donors (Lipinski definition) is 2. The standard InChI is InChI=1S/C17H24FN3O4S/c1-11(2)7-12-5-6-20(8-12)9-13-3-4-14(22)17(16(13)18)21-10-15(23)19-26(21,24)25/h3-4,11-12,22H,5-10H2,1-2H3,(H,19,23). The lowest BCUT2D eigenvalue weighted by atomic mass is 9.97. The lowest BCUT2D eigenvalue weighted by Gasteiger charge is -2.21. The van der Waals surface area contributed by atoms with Gasteiger partial charge < -0.3 is 5.11 Å². The number of benzene rings is 1. The van der Waals surface area contributed by atoms with Crippen LogP contribution in [0.5, 0.6) is 5.75 Å². The van der Waals surface area contributed by atoms with Gasteiger partial charge in [-0.1, -0.05) is 19.9 Å². The van der Waals surface area contributed by atoms with Crippen LogP contribution < -0.4 is 9.03 Å². The molecule has 2 N–H and O–H groups in total. The van der Waals surface area contributed by atoms with Crippen molar-refractivity contribution in [2.45, 2.75) is 33.2 Å². The Labute approximate surface area is 153 Å². The quantitative estimate of drug-likeness (QED) is 0.803. The third-order valence-corrected chi connectivity index (χ3v) is 6.19. The van der Waals surface area contributed by atoms with Crippen LogP contribution in [0.4, 0.5) is 10.1 Å². The highest BCUT2D eigenvalue weighted by molar-refractivity contribution is 7.92. The zero-order chi connectivity index (χ0) is 19.1. The smallest absolute Gasteiger partial charge is 0.326 e. The SMILES string of the molecule is CC(C)CC1CCN(Cc2ccc(O)c(N3CC(=O)NS3(=O)=O)c2F)C1. The van der Waals surface area contributed by atoms with Crippen molar-refractivity contribution in [3.63, 3.8) is 0 Å². The monoisotopic (exact) mass is 385 g/mol. The van der Waals surface area contributed by atoms with Crippen LogP contribution in [0.1, 0.15) is 32.3 Å². The summed E-state index contributed by atoms with van der Waals surface area (Å²) >= 11 is 0. The molecule has 0 bridgehead atoms. The number of amides is 1. The summed E-state index contributed by atoms with van der Waals surface area (Å²) in [5, 5.41) is 10.00. The van der Waals surface area contributed by atoms with Crippen molar-refractivity contribution in [3.8, 4) is 5.75 Å². The number of likely N-dealkylation sites (tertiary alicyclic amines) is 1. The summed E-state index contributed by atoms with van der Waals surface area (Å²) < 4.78 is 41.3. The highest BCUT2D eigenvalue weighted by Crippen LogP contribution is 2.36. The van der Waals surface area contributed by atoms with Gasteiger partial charge in [0.2, 0.25) is 0 Å². The fourth-order valence-electron chi connectivity index (χ4n) is 3.76. The molecule has 2 fully saturated rings. The van der Waals surface area contributed by atoms with Crippen LogP contribution in [-0.2, 0) is 21.5 Å². The van der Waals surface area contributed by atoms with Crippen LogP contribution in [0.25, 0.3) is 0 Å². The van der Waals surface area contributed by atoms with E-state index in [1.165, 1.54) is 12.1 Å². The fraction of sp³-hybridized carbons (Fsp3) is 0.588. The van der Waals surface area contributed by atoms with Crippen molar-refractivity contribution in [1.29, 1.82) is 0 Å². The molecule has 7 nitrogen and oxygen atoms in total. The van der Waals surface area contributed by atoms with Crippen molar-refractivity contribution >= 4 is 21.8 Å². The van der Waals surface area contributed by atoms with Gasteiger partial charge in [-0.2, -0.15) is 8.42 Å². The highest BCUT2D eigenvalue weighted by atomic mass is 32.2. The predicted octanol–water partition coefficient (Wildman–Crippen LogP) is 1.58. The molecule has 0 saturated carbocycles. The van der Waals surface area contributed by atoms with Gasteiger partial charge in [0.25, 0.3) is 5.91 Å². The zero-order valence-corrected chi connectivity index (χ0v) is 15.7. The van der Waals surface area contributed by atoms with Crippen molar-refractivity contribution in [2.75, 3.05) is 23.9 Å². The molecule has 2 saturated heterocycles. The zero-order valence-electron chi connectivity index (χ0n) is 14.9. The normalized spacial score (nSPS) is 23.0. The number of phenolic OH excluding ortho intramolecular Hbond substituents is 1. The molecular weight excluding hydrogens is 361 g/mol. The molecule has 0 spiro atoms. The number of nitrogens with zero attached hydrogens (tertiary/aromatic N) is 2. The average molecular weight is 385 g/mol. The van der Waals surface area contributed by atoms with Gasteiger partial charge >= 0.3 is 10.2 Å². The average Bonchev–Trinajstić information content (AvgIpc) is 3.05. The fourth-order valence-corrected chi connectivity index (χ4v) is 4.92. The van der Waals surface area contributed by atoms with E-state index in [1.807, 2.05) is 0 Å². The second-order valence-electron chi connectivity index (χ2n) is 7.46. The van der Waals surface area contributed by atoms with E-state index in [1.54, 1.807) is 4.72 Å². The van der Waals surface area contributed by atoms with Crippen LogP contribution >= 0.6 is 0 Å². The maximum Gasteiger partial charge on any atom is 0.326 e. The summed E-state index contributed by atoms with van der Waals surface area (Å²) in [6.45, 7) is 5.88. The van der Waals surface area contributed by atoms with Crippen LogP contribution in [-0.4, -0.2) is 44.0 Å². The lowest BCUT2D eigenvalue weighted by Crippen LogP contribution is -2.30. The molecule has 9 heteroatoms. The van der Waals surface area contributed by atoms with Crippen LogP contribution in [0.3, 0.4) is 0 Å². The molecule has 2 heterocycles. The molecule has 3 rings (SSSR count). The van der Waals surface area contributed by atoms with E-state index in [0.717, 1.165) is 25.9 Å². The number of hydrogen-bond acceptors (Lipinski definition) is 5. The van der Waals surface area contributed by atoms with Gasteiger partial charge in [-0.05, 0) is 37.3 Å². The van der Waals surface area contributed by atoms with E-state index < -0.39 is 39.9 Å². The Balaban J connectivity index is 1.82. The minimum absolute atomic E-state index is 0.303. The number of halogens is 1. The first-order valence-electron chi connectivity index (χ1n) is 8.73. The van der Waals surface area contributed by atoms with E-state index in [0.29, 0.717) is 28.2 Å². The number of anilines is 1. The van der Waals surface area contributed by atoms with Gasteiger partial charge in [-0.3, -0.25) is 9.69 Å². The maximum absolute atomic E-state index is 15.0. The number of phenols is 1. The molecule has 0 aliphatic carbocycles. The molecule has 144 valence electrons. The van der Waals surface area contributed by atoms with Gasteiger partial charge in [0, 0.05) is 18.7 Å². The Kier molecular flexibility index (Phi) is 5.12.